The molecule has 8 heteroatoms. The Morgan fingerprint density at radius 3 is 2.44 bits per heavy atom. The largest absolute Gasteiger partial charge is 0.453 e. The van der Waals surface area contributed by atoms with Gasteiger partial charge in [-0.2, -0.15) is 0 Å². The lowest BCUT2D eigenvalue weighted by molar-refractivity contribution is -0.149. The van der Waals surface area contributed by atoms with Gasteiger partial charge in [0.25, 0.3) is 17.7 Å². The molecular weight excluding hydrogens is 410 g/mol. The first-order valence-electron chi connectivity index (χ1n) is 10.4. The molecular formula is C24H23N3O5. The number of esters is 1. The number of amides is 2. The number of fused-ring (bicyclic) bond motifs is 1. The summed E-state index contributed by atoms with van der Waals surface area (Å²) < 4.78 is 11.0. The number of imide groups is 1. The fourth-order valence-corrected chi connectivity index (χ4v) is 3.51. The molecule has 4 rings (SSSR count). The van der Waals surface area contributed by atoms with Crippen LogP contribution in [-0.4, -0.2) is 39.4 Å². The number of rotatable bonds is 7. The zero-order valence-corrected chi connectivity index (χ0v) is 18.1. The van der Waals surface area contributed by atoms with E-state index in [4.69, 9.17) is 9.15 Å². The molecule has 0 spiro atoms. The van der Waals surface area contributed by atoms with E-state index in [1.54, 1.807) is 25.1 Å². The number of hydrogen-bond acceptors (Lipinski definition) is 7. The lowest BCUT2D eigenvalue weighted by Crippen LogP contribution is -2.31. The second-order valence-electron chi connectivity index (χ2n) is 7.86. The van der Waals surface area contributed by atoms with Gasteiger partial charge in [0.1, 0.15) is 0 Å². The van der Waals surface area contributed by atoms with E-state index in [9.17, 15) is 14.4 Å². The van der Waals surface area contributed by atoms with Gasteiger partial charge in [0, 0.05) is 18.5 Å². The Morgan fingerprint density at radius 1 is 1.00 bits per heavy atom. The minimum atomic E-state index is -0.712. The van der Waals surface area contributed by atoms with Crippen LogP contribution in [0.15, 0.2) is 46.9 Å². The van der Waals surface area contributed by atoms with Crippen LogP contribution in [0.2, 0.25) is 0 Å². The first-order valence-corrected chi connectivity index (χ1v) is 10.4. The summed E-state index contributed by atoms with van der Waals surface area (Å²) >= 11 is 0. The van der Waals surface area contributed by atoms with Crippen molar-refractivity contribution in [2.45, 2.75) is 39.7 Å². The quantitative estimate of drug-likeness (QED) is 0.409. The molecule has 0 saturated carbocycles. The van der Waals surface area contributed by atoms with E-state index in [-0.39, 0.29) is 30.7 Å². The summed E-state index contributed by atoms with van der Waals surface area (Å²) in [5.74, 6) is -0.584. The van der Waals surface area contributed by atoms with Crippen LogP contribution < -0.4 is 0 Å². The second kappa shape index (κ2) is 8.74. The molecule has 32 heavy (non-hydrogen) atoms. The third-order valence-corrected chi connectivity index (χ3v) is 5.28. The lowest BCUT2D eigenvalue weighted by Gasteiger charge is -2.14. The predicted octanol–water partition coefficient (Wildman–Crippen LogP) is 4.03. The third-order valence-electron chi connectivity index (χ3n) is 5.28. The third kappa shape index (κ3) is 4.30. The minimum Gasteiger partial charge on any atom is -0.453 e. The number of hydrogen-bond donors (Lipinski definition) is 0. The van der Waals surface area contributed by atoms with Crippen LogP contribution in [0.4, 0.5) is 0 Å². The number of ether oxygens (including phenoxy) is 1. The van der Waals surface area contributed by atoms with Crippen molar-refractivity contribution >= 4 is 17.8 Å². The number of benzene rings is 2. The van der Waals surface area contributed by atoms with Gasteiger partial charge in [0.05, 0.1) is 11.1 Å². The predicted molar refractivity (Wildman–Crippen MR) is 115 cm³/mol. The minimum absolute atomic E-state index is 0.0513. The molecule has 3 aromatic rings. The molecule has 164 valence electrons. The van der Waals surface area contributed by atoms with Gasteiger partial charge in [-0.25, -0.2) is 0 Å². The van der Waals surface area contributed by atoms with E-state index in [0.717, 1.165) is 16.7 Å². The molecule has 8 nitrogen and oxygen atoms in total. The van der Waals surface area contributed by atoms with E-state index in [1.165, 1.54) is 4.90 Å². The van der Waals surface area contributed by atoms with Crippen LogP contribution in [0.1, 0.15) is 63.6 Å². The Kier molecular flexibility index (Phi) is 5.85. The maximum absolute atomic E-state index is 12.5. The van der Waals surface area contributed by atoms with Crippen LogP contribution in [0.3, 0.4) is 0 Å². The summed E-state index contributed by atoms with van der Waals surface area (Å²) in [6.45, 7) is 5.65. The van der Waals surface area contributed by atoms with Crippen LogP contribution in [0.5, 0.6) is 0 Å². The molecule has 1 aromatic heterocycles. The highest BCUT2D eigenvalue weighted by Crippen LogP contribution is 2.25. The van der Waals surface area contributed by atoms with Gasteiger partial charge in [-0.3, -0.25) is 19.3 Å². The van der Waals surface area contributed by atoms with Gasteiger partial charge >= 0.3 is 5.97 Å². The normalized spacial score (nSPS) is 13.9. The maximum atomic E-state index is 12.5. The molecule has 1 aliphatic heterocycles. The Hall–Kier alpha value is -3.81. The topological polar surface area (TPSA) is 103 Å². The fourth-order valence-electron chi connectivity index (χ4n) is 3.51. The number of aryl methyl sites for hydroxylation is 2. The van der Waals surface area contributed by atoms with Crippen molar-refractivity contribution in [3.8, 4) is 11.5 Å². The summed E-state index contributed by atoms with van der Waals surface area (Å²) in [7, 11) is 0. The molecule has 1 aliphatic rings. The average Bonchev–Trinajstić information content (AvgIpc) is 3.34. The van der Waals surface area contributed by atoms with Crippen LogP contribution in [0.25, 0.3) is 11.5 Å². The van der Waals surface area contributed by atoms with E-state index in [0.29, 0.717) is 23.4 Å². The maximum Gasteiger partial charge on any atom is 0.306 e. The van der Waals surface area contributed by atoms with Crippen LogP contribution in [0, 0.1) is 13.8 Å². The molecule has 2 heterocycles. The highest BCUT2D eigenvalue weighted by Gasteiger charge is 2.35. The summed E-state index contributed by atoms with van der Waals surface area (Å²) in [5.41, 5.74) is 3.62. The van der Waals surface area contributed by atoms with Crippen molar-refractivity contribution in [3.63, 3.8) is 0 Å². The zero-order valence-electron chi connectivity index (χ0n) is 18.1. The summed E-state index contributed by atoms with van der Waals surface area (Å²) in [4.78, 5) is 38.4. The Labute approximate surface area is 185 Å². The van der Waals surface area contributed by atoms with Gasteiger partial charge in [-0.15, -0.1) is 10.2 Å². The van der Waals surface area contributed by atoms with Crippen molar-refractivity contribution in [3.05, 3.63) is 70.6 Å². The van der Waals surface area contributed by atoms with Crippen LogP contribution >= 0.6 is 0 Å². The van der Waals surface area contributed by atoms with Crippen molar-refractivity contribution in [2.75, 3.05) is 6.54 Å². The van der Waals surface area contributed by atoms with Gasteiger partial charge in [0.2, 0.25) is 5.89 Å². The first-order chi connectivity index (χ1) is 15.3. The Balaban J connectivity index is 1.29. The molecule has 2 amide bonds. The number of carbonyl (C=O) groups is 3. The fraction of sp³-hybridized carbons (Fsp3) is 0.292. The highest BCUT2D eigenvalue weighted by atomic mass is 16.6. The summed E-state index contributed by atoms with van der Waals surface area (Å²) in [6.07, 6.45) is -0.360. The number of aromatic nitrogens is 2. The zero-order chi connectivity index (χ0) is 22.8. The lowest BCUT2D eigenvalue weighted by atomic mass is 10.1. The molecule has 0 aliphatic carbocycles. The molecule has 0 saturated heterocycles. The molecule has 1 atom stereocenters. The standard InChI is InChI=1S/C24H23N3O5/c1-14-6-9-17(10-7-14)22-26-25-21(32-22)16(3)31-20(28)5-4-12-27-23(29)18-11-8-15(2)13-19(18)24(27)30/h6-11,13,16H,4-5,12H2,1-3H3. The summed E-state index contributed by atoms with van der Waals surface area (Å²) in [5, 5.41) is 7.98. The molecule has 0 bridgehead atoms. The van der Waals surface area contributed by atoms with E-state index in [2.05, 4.69) is 10.2 Å². The Morgan fingerprint density at radius 2 is 1.69 bits per heavy atom. The van der Waals surface area contributed by atoms with Crippen molar-refractivity contribution < 1.29 is 23.5 Å². The smallest absolute Gasteiger partial charge is 0.306 e. The number of carbonyl (C=O) groups excluding carboxylic acids is 3. The van der Waals surface area contributed by atoms with Crippen molar-refractivity contribution in [1.29, 1.82) is 0 Å². The second-order valence-corrected chi connectivity index (χ2v) is 7.86. The Bertz CT molecular complexity index is 1180. The van der Waals surface area contributed by atoms with Gasteiger partial charge in [-0.05, 0) is 51.5 Å². The van der Waals surface area contributed by atoms with E-state index < -0.39 is 12.1 Å². The molecule has 1 unspecified atom stereocenters. The van der Waals surface area contributed by atoms with Gasteiger partial charge in [0.15, 0.2) is 6.10 Å². The average molecular weight is 433 g/mol. The monoisotopic (exact) mass is 433 g/mol. The SMILES string of the molecule is Cc1ccc(-c2nnc(C(C)OC(=O)CCCN3C(=O)c4ccc(C)cc4C3=O)o2)cc1. The van der Waals surface area contributed by atoms with Crippen molar-refractivity contribution in [2.24, 2.45) is 0 Å². The number of nitrogens with zero attached hydrogens (tertiary/aromatic N) is 3. The first kappa shape index (κ1) is 21.4. The summed E-state index contributed by atoms with van der Waals surface area (Å²) in [6, 6.07) is 12.8. The van der Waals surface area contributed by atoms with Crippen LogP contribution in [-0.2, 0) is 9.53 Å². The molecule has 0 N–H and O–H groups in total. The van der Waals surface area contributed by atoms with Gasteiger partial charge < -0.3 is 9.15 Å². The molecule has 2 aromatic carbocycles. The van der Waals surface area contributed by atoms with Crippen molar-refractivity contribution in [1.82, 2.24) is 15.1 Å². The molecule has 0 radical (unpaired) electrons. The van der Waals surface area contributed by atoms with E-state index >= 15 is 0 Å². The van der Waals surface area contributed by atoms with E-state index in [1.807, 2.05) is 38.1 Å². The molecule has 0 fully saturated rings. The van der Waals surface area contributed by atoms with Gasteiger partial charge in [-0.1, -0.05) is 29.3 Å². The highest BCUT2D eigenvalue weighted by molar-refractivity contribution is 6.21.